The Bertz CT molecular complexity index is 749. The van der Waals surface area contributed by atoms with E-state index in [1.165, 1.54) is 0 Å². The van der Waals surface area contributed by atoms with E-state index in [1.807, 2.05) is 43.3 Å². The molecule has 0 saturated carbocycles. The van der Waals surface area contributed by atoms with Gasteiger partial charge in [-0.1, -0.05) is 24.3 Å². The van der Waals surface area contributed by atoms with Gasteiger partial charge in [-0.05, 0) is 24.6 Å². The van der Waals surface area contributed by atoms with Crippen molar-refractivity contribution in [2.75, 3.05) is 5.73 Å². The molecule has 0 fully saturated rings. The van der Waals surface area contributed by atoms with Gasteiger partial charge in [-0.3, -0.25) is 0 Å². The molecule has 0 aliphatic heterocycles. The third-order valence-electron chi connectivity index (χ3n) is 3.49. The number of aliphatic hydroxyl groups is 1. The van der Waals surface area contributed by atoms with Crippen LogP contribution in [-0.4, -0.2) is 10.1 Å². The van der Waals surface area contributed by atoms with E-state index in [9.17, 15) is 5.11 Å². The number of aliphatic hydroxyl groups excluding tert-OH is 1. The number of furan rings is 1. The van der Waals surface area contributed by atoms with Crippen molar-refractivity contribution in [1.82, 2.24) is 4.98 Å². The van der Waals surface area contributed by atoms with Gasteiger partial charge in [-0.25, -0.2) is 4.98 Å². The summed E-state index contributed by atoms with van der Waals surface area (Å²) in [5, 5.41) is 11.5. The van der Waals surface area contributed by atoms with Crippen LogP contribution in [0.25, 0.3) is 11.0 Å². The number of pyridine rings is 1. The van der Waals surface area contributed by atoms with Crippen molar-refractivity contribution in [3.05, 3.63) is 59.5 Å². The maximum Gasteiger partial charge on any atom is 0.134 e. The standard InChI is InChI=1S/C16H16N2O2/c1-10-15(12-6-2-3-7-14(12)20-10)13(19)9-11-5-4-8-18-16(11)17/h2-8,13,19H,9H2,1H3,(H2,17,18). The highest BCUT2D eigenvalue weighted by Crippen LogP contribution is 2.32. The average Bonchev–Trinajstić information content (AvgIpc) is 2.77. The van der Waals surface area contributed by atoms with Crippen molar-refractivity contribution in [2.45, 2.75) is 19.4 Å². The summed E-state index contributed by atoms with van der Waals surface area (Å²) in [6, 6.07) is 11.4. The molecule has 2 aromatic heterocycles. The molecule has 3 rings (SSSR count). The third-order valence-corrected chi connectivity index (χ3v) is 3.49. The average molecular weight is 268 g/mol. The minimum atomic E-state index is -0.662. The fourth-order valence-electron chi connectivity index (χ4n) is 2.54. The van der Waals surface area contributed by atoms with Crippen LogP contribution in [0.5, 0.6) is 0 Å². The van der Waals surface area contributed by atoms with Crippen LogP contribution in [-0.2, 0) is 6.42 Å². The molecule has 0 aliphatic rings. The van der Waals surface area contributed by atoms with Gasteiger partial charge in [-0.2, -0.15) is 0 Å². The van der Waals surface area contributed by atoms with Gasteiger partial charge in [0.25, 0.3) is 0 Å². The molecule has 0 saturated heterocycles. The summed E-state index contributed by atoms with van der Waals surface area (Å²) < 4.78 is 5.68. The number of rotatable bonds is 3. The molecule has 2 heterocycles. The number of para-hydroxylation sites is 1. The van der Waals surface area contributed by atoms with Crippen LogP contribution in [0.3, 0.4) is 0 Å². The molecule has 20 heavy (non-hydrogen) atoms. The number of anilines is 1. The summed E-state index contributed by atoms with van der Waals surface area (Å²) in [6.45, 7) is 1.87. The number of nitrogens with zero attached hydrogens (tertiary/aromatic N) is 1. The molecule has 1 unspecified atom stereocenters. The molecule has 1 aromatic carbocycles. The number of benzene rings is 1. The van der Waals surface area contributed by atoms with Gasteiger partial charge in [0.2, 0.25) is 0 Å². The lowest BCUT2D eigenvalue weighted by atomic mass is 9.99. The molecule has 3 aromatic rings. The van der Waals surface area contributed by atoms with Crippen molar-refractivity contribution < 1.29 is 9.52 Å². The molecule has 4 heteroatoms. The zero-order valence-corrected chi connectivity index (χ0v) is 11.2. The molecule has 1 atom stereocenters. The van der Waals surface area contributed by atoms with Crippen molar-refractivity contribution in [1.29, 1.82) is 0 Å². The highest BCUT2D eigenvalue weighted by Gasteiger charge is 2.19. The Morgan fingerprint density at radius 3 is 2.85 bits per heavy atom. The summed E-state index contributed by atoms with van der Waals surface area (Å²) in [5.74, 6) is 1.19. The molecule has 0 aliphatic carbocycles. The Labute approximate surface area is 116 Å². The lowest BCUT2D eigenvalue weighted by Crippen LogP contribution is -2.06. The van der Waals surface area contributed by atoms with Crippen molar-refractivity contribution in [2.24, 2.45) is 0 Å². The van der Waals surface area contributed by atoms with Crippen LogP contribution in [0.1, 0.15) is 23.0 Å². The number of aromatic nitrogens is 1. The molecule has 4 nitrogen and oxygen atoms in total. The highest BCUT2D eigenvalue weighted by atomic mass is 16.3. The van der Waals surface area contributed by atoms with Gasteiger partial charge < -0.3 is 15.3 Å². The Morgan fingerprint density at radius 2 is 2.05 bits per heavy atom. The van der Waals surface area contributed by atoms with Gasteiger partial charge in [0, 0.05) is 23.6 Å². The second-order valence-corrected chi connectivity index (χ2v) is 4.84. The first-order valence-corrected chi connectivity index (χ1v) is 6.52. The van der Waals surface area contributed by atoms with Crippen LogP contribution in [0.2, 0.25) is 0 Å². The van der Waals surface area contributed by atoms with Gasteiger partial charge in [0.1, 0.15) is 17.2 Å². The van der Waals surface area contributed by atoms with E-state index in [2.05, 4.69) is 4.98 Å². The summed E-state index contributed by atoms with van der Waals surface area (Å²) in [5.41, 5.74) is 8.28. The van der Waals surface area contributed by atoms with Crippen LogP contribution < -0.4 is 5.73 Å². The zero-order valence-electron chi connectivity index (χ0n) is 11.2. The van der Waals surface area contributed by atoms with Gasteiger partial charge in [-0.15, -0.1) is 0 Å². The Balaban J connectivity index is 1.99. The highest BCUT2D eigenvalue weighted by molar-refractivity contribution is 5.82. The van der Waals surface area contributed by atoms with Crippen LogP contribution in [0, 0.1) is 6.92 Å². The smallest absolute Gasteiger partial charge is 0.134 e. The normalized spacial score (nSPS) is 12.7. The van der Waals surface area contributed by atoms with Gasteiger partial charge in [0.15, 0.2) is 0 Å². The molecule has 0 bridgehead atoms. The third kappa shape index (κ3) is 2.14. The predicted octanol–water partition coefficient (Wildman–Crippen LogP) is 2.99. The van der Waals surface area contributed by atoms with Gasteiger partial charge in [0.05, 0.1) is 6.10 Å². The SMILES string of the molecule is Cc1oc2ccccc2c1C(O)Cc1cccnc1N. The monoisotopic (exact) mass is 268 g/mol. The molecule has 0 spiro atoms. The van der Waals surface area contributed by atoms with Crippen LogP contribution in [0.4, 0.5) is 5.82 Å². The minimum Gasteiger partial charge on any atom is -0.461 e. The lowest BCUT2D eigenvalue weighted by molar-refractivity contribution is 0.178. The second kappa shape index (κ2) is 4.98. The van der Waals surface area contributed by atoms with E-state index in [-0.39, 0.29) is 0 Å². The molecule has 0 radical (unpaired) electrons. The molecular formula is C16H16N2O2. The van der Waals surface area contributed by atoms with E-state index in [4.69, 9.17) is 10.2 Å². The summed E-state index contributed by atoms with van der Waals surface area (Å²) >= 11 is 0. The summed E-state index contributed by atoms with van der Waals surface area (Å²) in [7, 11) is 0. The van der Waals surface area contributed by atoms with Crippen molar-refractivity contribution >= 4 is 16.8 Å². The number of nitrogens with two attached hydrogens (primary N) is 1. The van der Waals surface area contributed by atoms with E-state index >= 15 is 0 Å². The van der Waals surface area contributed by atoms with Crippen LogP contribution in [0.15, 0.2) is 47.0 Å². The number of nitrogen functional groups attached to an aromatic ring is 1. The van der Waals surface area contributed by atoms with Crippen molar-refractivity contribution in [3.63, 3.8) is 0 Å². The topological polar surface area (TPSA) is 72.3 Å². The van der Waals surface area contributed by atoms with Crippen molar-refractivity contribution in [3.8, 4) is 0 Å². The largest absolute Gasteiger partial charge is 0.461 e. The first-order chi connectivity index (χ1) is 9.66. The summed E-state index contributed by atoms with van der Waals surface area (Å²) in [4.78, 5) is 4.04. The van der Waals surface area contributed by atoms with E-state index in [0.717, 1.165) is 27.9 Å². The second-order valence-electron chi connectivity index (χ2n) is 4.84. The zero-order chi connectivity index (χ0) is 14.1. The molecule has 0 amide bonds. The molecular weight excluding hydrogens is 252 g/mol. The fraction of sp³-hybridized carbons (Fsp3) is 0.188. The molecule has 102 valence electrons. The number of aryl methyl sites for hydroxylation is 1. The minimum absolute atomic E-state index is 0.421. The first kappa shape index (κ1) is 12.7. The number of fused-ring (bicyclic) bond motifs is 1. The van der Waals surface area contributed by atoms with E-state index in [0.29, 0.717) is 12.2 Å². The predicted molar refractivity (Wildman–Crippen MR) is 78.3 cm³/mol. The Hall–Kier alpha value is -2.33. The maximum absolute atomic E-state index is 10.5. The number of hydrogen-bond donors (Lipinski definition) is 2. The van der Waals surface area contributed by atoms with Gasteiger partial charge >= 0.3 is 0 Å². The Kier molecular flexibility index (Phi) is 3.16. The van der Waals surface area contributed by atoms with Crippen LogP contribution >= 0.6 is 0 Å². The first-order valence-electron chi connectivity index (χ1n) is 6.52. The lowest BCUT2D eigenvalue weighted by Gasteiger charge is -2.11. The Morgan fingerprint density at radius 1 is 1.25 bits per heavy atom. The van der Waals surface area contributed by atoms with E-state index in [1.54, 1.807) is 6.20 Å². The van der Waals surface area contributed by atoms with E-state index < -0.39 is 6.10 Å². The summed E-state index contributed by atoms with van der Waals surface area (Å²) in [6.07, 6.45) is 1.40. The quantitative estimate of drug-likeness (QED) is 0.766. The molecule has 3 N–H and O–H groups in total. The number of hydrogen-bond acceptors (Lipinski definition) is 4. The maximum atomic E-state index is 10.5. The fourth-order valence-corrected chi connectivity index (χ4v) is 2.54.